The average molecular weight is 380 g/mol. The zero-order chi connectivity index (χ0) is 19.7. The lowest BCUT2D eigenvalue weighted by atomic mass is 9.92. The van der Waals surface area contributed by atoms with Crippen LogP contribution in [0.2, 0.25) is 0 Å². The topological polar surface area (TPSA) is 110 Å². The Kier molecular flexibility index (Phi) is 4.74. The van der Waals surface area contributed by atoms with Gasteiger partial charge in [-0.25, -0.2) is 9.97 Å². The van der Waals surface area contributed by atoms with Crippen LogP contribution in [0.4, 0.5) is 5.69 Å². The van der Waals surface area contributed by atoms with Gasteiger partial charge in [0.2, 0.25) is 5.88 Å². The molecule has 9 heteroatoms. The van der Waals surface area contributed by atoms with E-state index >= 15 is 0 Å². The number of benzene rings is 1. The van der Waals surface area contributed by atoms with Gasteiger partial charge in [-0.1, -0.05) is 30.3 Å². The highest BCUT2D eigenvalue weighted by Gasteiger charge is 2.29. The van der Waals surface area contributed by atoms with Crippen molar-refractivity contribution in [1.82, 2.24) is 24.6 Å². The van der Waals surface area contributed by atoms with Gasteiger partial charge in [-0.2, -0.15) is 9.78 Å². The summed E-state index contributed by atoms with van der Waals surface area (Å²) in [4.78, 5) is 20.4. The normalized spacial score (nSPS) is 16.1. The number of hydrogen-bond donors (Lipinski definition) is 1. The van der Waals surface area contributed by atoms with Gasteiger partial charge in [0.05, 0.1) is 10.6 Å². The summed E-state index contributed by atoms with van der Waals surface area (Å²) in [6.07, 6.45) is 4.58. The molecule has 9 nitrogen and oxygen atoms in total. The molecule has 0 saturated carbocycles. The molecule has 1 aliphatic carbocycles. The molecule has 0 bridgehead atoms. The third-order valence-electron chi connectivity index (χ3n) is 5.12. The molecule has 0 aliphatic heterocycles. The number of nitro groups is 1. The van der Waals surface area contributed by atoms with Crippen LogP contribution in [0, 0.1) is 10.1 Å². The molecular weight excluding hydrogens is 360 g/mol. The highest BCUT2D eigenvalue weighted by atomic mass is 16.6. The standard InChI is InChI=1S/C19H20N6O3/c1-23(12-13-5-3-2-4-6-13)14-7-8-17-16(9-14)18(26)24(22-17)19-20-10-15(11-21-19)25(27)28/h2-6,10-11,14,26H,7-9,12H2,1H3. The van der Waals surface area contributed by atoms with Crippen LogP contribution >= 0.6 is 0 Å². The first-order valence-electron chi connectivity index (χ1n) is 9.03. The molecule has 2 aromatic heterocycles. The zero-order valence-corrected chi connectivity index (χ0v) is 15.4. The Morgan fingerprint density at radius 2 is 2.00 bits per heavy atom. The first-order valence-corrected chi connectivity index (χ1v) is 9.03. The average Bonchev–Trinajstić information content (AvgIpc) is 3.05. The molecule has 4 rings (SSSR count). The smallest absolute Gasteiger partial charge is 0.305 e. The fraction of sp³-hybridized carbons (Fsp3) is 0.316. The maximum atomic E-state index is 10.8. The van der Waals surface area contributed by atoms with Crippen molar-refractivity contribution in [2.45, 2.75) is 31.8 Å². The summed E-state index contributed by atoms with van der Waals surface area (Å²) in [5.74, 6) is 0.119. The van der Waals surface area contributed by atoms with Crippen molar-refractivity contribution in [2.75, 3.05) is 7.05 Å². The summed E-state index contributed by atoms with van der Waals surface area (Å²) < 4.78 is 1.26. The number of rotatable bonds is 5. The quantitative estimate of drug-likeness (QED) is 0.534. The Hall–Kier alpha value is -3.33. The van der Waals surface area contributed by atoms with Crippen molar-refractivity contribution in [1.29, 1.82) is 0 Å². The van der Waals surface area contributed by atoms with Crippen LogP contribution < -0.4 is 0 Å². The summed E-state index contributed by atoms with van der Waals surface area (Å²) in [7, 11) is 2.09. The van der Waals surface area contributed by atoms with E-state index in [2.05, 4.69) is 39.1 Å². The maximum Gasteiger partial charge on any atom is 0.305 e. The zero-order valence-electron chi connectivity index (χ0n) is 15.4. The molecule has 0 radical (unpaired) electrons. The van der Waals surface area contributed by atoms with Crippen LogP contribution in [0.1, 0.15) is 23.2 Å². The third-order valence-corrected chi connectivity index (χ3v) is 5.12. The van der Waals surface area contributed by atoms with Gasteiger partial charge in [-0.15, -0.1) is 0 Å². The van der Waals surface area contributed by atoms with E-state index in [-0.39, 0.29) is 23.6 Å². The Morgan fingerprint density at radius 3 is 2.68 bits per heavy atom. The summed E-state index contributed by atoms with van der Waals surface area (Å²) in [6, 6.07) is 10.6. The SMILES string of the molecule is CN(Cc1ccccc1)C1CCc2nn(-c3ncc([N+](=O)[O-])cn3)c(O)c2C1. The molecule has 1 aromatic carbocycles. The van der Waals surface area contributed by atoms with E-state index in [9.17, 15) is 15.2 Å². The third kappa shape index (κ3) is 3.44. The minimum atomic E-state index is -0.565. The van der Waals surface area contributed by atoms with Crippen molar-refractivity contribution >= 4 is 5.69 Å². The first-order chi connectivity index (χ1) is 13.5. The molecule has 1 unspecified atom stereocenters. The number of fused-ring (bicyclic) bond motifs is 1. The van der Waals surface area contributed by atoms with Crippen molar-refractivity contribution < 1.29 is 10.0 Å². The second kappa shape index (κ2) is 7.35. The van der Waals surface area contributed by atoms with E-state index in [1.54, 1.807) is 0 Å². The minimum Gasteiger partial charge on any atom is -0.493 e. The number of nitrogens with zero attached hydrogens (tertiary/aromatic N) is 6. The molecule has 1 aliphatic rings. The summed E-state index contributed by atoms with van der Waals surface area (Å²) in [6.45, 7) is 0.835. The number of aromatic nitrogens is 4. The Morgan fingerprint density at radius 1 is 1.29 bits per heavy atom. The van der Waals surface area contributed by atoms with Gasteiger partial charge in [0.15, 0.2) is 0 Å². The monoisotopic (exact) mass is 380 g/mol. The predicted octanol–water partition coefficient (Wildman–Crippen LogP) is 2.27. The van der Waals surface area contributed by atoms with E-state index in [0.29, 0.717) is 6.42 Å². The minimum absolute atomic E-state index is 0.00154. The van der Waals surface area contributed by atoms with E-state index < -0.39 is 4.92 Å². The van der Waals surface area contributed by atoms with Crippen LogP contribution in [0.25, 0.3) is 5.95 Å². The van der Waals surface area contributed by atoms with E-state index in [1.807, 2.05) is 18.2 Å². The molecule has 3 aromatic rings. The fourth-order valence-electron chi connectivity index (χ4n) is 3.57. The van der Waals surface area contributed by atoms with E-state index in [4.69, 9.17) is 0 Å². The molecule has 0 amide bonds. The molecule has 144 valence electrons. The first kappa shape index (κ1) is 18.1. The van der Waals surface area contributed by atoms with Gasteiger partial charge in [0.25, 0.3) is 5.95 Å². The van der Waals surface area contributed by atoms with Gasteiger partial charge < -0.3 is 5.11 Å². The number of aryl methyl sites for hydroxylation is 1. The van der Waals surface area contributed by atoms with E-state index in [1.165, 1.54) is 10.2 Å². The van der Waals surface area contributed by atoms with Crippen molar-refractivity contribution in [3.05, 3.63) is 69.7 Å². The molecule has 28 heavy (non-hydrogen) atoms. The van der Waals surface area contributed by atoms with Crippen LogP contribution in [-0.4, -0.2) is 47.8 Å². The summed E-state index contributed by atoms with van der Waals surface area (Å²) in [5.41, 5.74) is 2.65. The molecule has 0 fully saturated rings. The lowest BCUT2D eigenvalue weighted by Crippen LogP contribution is -2.35. The van der Waals surface area contributed by atoms with Gasteiger partial charge in [-0.3, -0.25) is 15.0 Å². The largest absolute Gasteiger partial charge is 0.493 e. The second-order valence-corrected chi connectivity index (χ2v) is 6.96. The van der Waals surface area contributed by atoms with Crippen LogP contribution in [0.3, 0.4) is 0 Å². The van der Waals surface area contributed by atoms with Crippen molar-refractivity contribution in [3.63, 3.8) is 0 Å². The Balaban J connectivity index is 1.53. The Bertz CT molecular complexity index is 987. The van der Waals surface area contributed by atoms with Gasteiger partial charge in [0.1, 0.15) is 12.4 Å². The lowest BCUT2D eigenvalue weighted by molar-refractivity contribution is -0.385. The molecule has 1 N–H and O–H groups in total. The molecule has 0 spiro atoms. The molecular formula is C19H20N6O3. The van der Waals surface area contributed by atoms with E-state index in [0.717, 1.165) is 43.0 Å². The number of likely N-dealkylation sites (N-methyl/N-ethyl adjacent to an activating group) is 1. The fourth-order valence-corrected chi connectivity index (χ4v) is 3.57. The lowest BCUT2D eigenvalue weighted by Gasteiger charge is -2.30. The predicted molar refractivity (Wildman–Crippen MR) is 101 cm³/mol. The maximum absolute atomic E-state index is 10.8. The van der Waals surface area contributed by atoms with Crippen molar-refractivity contribution in [2.24, 2.45) is 0 Å². The van der Waals surface area contributed by atoms with Crippen LogP contribution in [-0.2, 0) is 19.4 Å². The highest BCUT2D eigenvalue weighted by molar-refractivity contribution is 5.38. The van der Waals surface area contributed by atoms with Crippen LogP contribution in [0.5, 0.6) is 5.88 Å². The van der Waals surface area contributed by atoms with Gasteiger partial charge >= 0.3 is 5.69 Å². The molecule has 2 heterocycles. The van der Waals surface area contributed by atoms with Crippen molar-refractivity contribution in [3.8, 4) is 11.8 Å². The number of hydrogen-bond acceptors (Lipinski definition) is 7. The molecule has 0 saturated heterocycles. The molecule has 1 atom stereocenters. The van der Waals surface area contributed by atoms with Crippen LogP contribution in [0.15, 0.2) is 42.7 Å². The number of aromatic hydroxyl groups is 1. The summed E-state index contributed by atoms with van der Waals surface area (Å²) in [5, 5.41) is 25.8. The highest BCUT2D eigenvalue weighted by Crippen LogP contribution is 2.32. The van der Waals surface area contributed by atoms with Gasteiger partial charge in [0, 0.05) is 18.2 Å². The Labute approximate surface area is 161 Å². The summed E-state index contributed by atoms with van der Waals surface area (Å²) >= 11 is 0. The second-order valence-electron chi connectivity index (χ2n) is 6.96. The van der Waals surface area contributed by atoms with Gasteiger partial charge in [-0.05, 0) is 31.9 Å².